The molecule has 0 heterocycles. The average molecular weight is 189 g/mol. The molecule has 2 heteroatoms. The number of nitrogens with two attached hydrogens (primary N) is 1. The van der Waals surface area contributed by atoms with Crippen molar-refractivity contribution in [1.29, 1.82) is 0 Å². The summed E-state index contributed by atoms with van der Waals surface area (Å²) >= 11 is 0. The fourth-order valence-corrected chi connectivity index (χ4v) is 3.06. The molecule has 0 amide bonds. The first-order valence-electron chi connectivity index (χ1n) is 5.29. The van der Waals surface area contributed by atoms with Crippen LogP contribution in [0.3, 0.4) is 0 Å². The monoisotopic (exact) mass is 189 g/mol. The lowest BCUT2D eigenvalue weighted by Crippen LogP contribution is -2.12. The van der Waals surface area contributed by atoms with Crippen molar-refractivity contribution in [3.05, 3.63) is 29.3 Å². The lowest BCUT2D eigenvalue weighted by Gasteiger charge is -2.10. The average Bonchev–Trinajstić information content (AvgIpc) is 2.80. The van der Waals surface area contributed by atoms with E-state index in [4.69, 9.17) is 5.73 Å². The minimum absolute atomic E-state index is 0.350. The molecule has 1 aromatic rings. The van der Waals surface area contributed by atoms with E-state index in [-0.39, 0.29) is 0 Å². The van der Waals surface area contributed by atoms with Gasteiger partial charge in [-0.1, -0.05) is 6.07 Å². The van der Waals surface area contributed by atoms with Crippen LogP contribution in [0.4, 0.5) is 0 Å². The van der Waals surface area contributed by atoms with Crippen LogP contribution in [0.5, 0.6) is 5.75 Å². The summed E-state index contributed by atoms with van der Waals surface area (Å²) in [7, 11) is 0. The number of benzene rings is 1. The van der Waals surface area contributed by atoms with Crippen molar-refractivity contribution >= 4 is 0 Å². The molecule has 0 aliphatic heterocycles. The third-order valence-electron chi connectivity index (χ3n) is 3.99. The molecule has 0 bridgehead atoms. The molecule has 0 aromatic heterocycles. The van der Waals surface area contributed by atoms with Crippen LogP contribution in [0.2, 0.25) is 0 Å². The van der Waals surface area contributed by atoms with Crippen molar-refractivity contribution < 1.29 is 5.11 Å². The van der Waals surface area contributed by atoms with E-state index >= 15 is 0 Å². The number of hydrogen-bond acceptors (Lipinski definition) is 2. The van der Waals surface area contributed by atoms with Crippen LogP contribution in [0.1, 0.15) is 24.0 Å². The van der Waals surface area contributed by atoms with Crippen molar-refractivity contribution in [2.24, 2.45) is 11.7 Å². The van der Waals surface area contributed by atoms with Gasteiger partial charge in [0.25, 0.3) is 0 Å². The molecule has 1 saturated carbocycles. The highest BCUT2D eigenvalue weighted by Crippen LogP contribution is 2.61. The summed E-state index contributed by atoms with van der Waals surface area (Å²) in [4.78, 5) is 0. The van der Waals surface area contributed by atoms with Gasteiger partial charge in [0.2, 0.25) is 0 Å². The molecule has 2 aliphatic rings. The minimum Gasteiger partial charge on any atom is -0.508 e. The summed E-state index contributed by atoms with van der Waals surface area (Å²) < 4.78 is 0. The molecule has 2 aliphatic carbocycles. The largest absolute Gasteiger partial charge is 0.508 e. The summed E-state index contributed by atoms with van der Waals surface area (Å²) in [5, 5.41) is 9.48. The van der Waals surface area contributed by atoms with Gasteiger partial charge in [-0.3, -0.25) is 0 Å². The molecule has 1 aromatic carbocycles. The predicted molar refractivity (Wildman–Crippen MR) is 55.3 cm³/mol. The van der Waals surface area contributed by atoms with Crippen molar-refractivity contribution in [1.82, 2.24) is 0 Å². The smallest absolute Gasteiger partial charge is 0.115 e. The number of hydrogen-bond donors (Lipinski definition) is 2. The zero-order chi connectivity index (χ0) is 9.76. The lowest BCUT2D eigenvalue weighted by molar-refractivity contribution is 0.473. The summed E-state index contributed by atoms with van der Waals surface area (Å²) in [5.74, 6) is 1.05. The highest BCUT2D eigenvalue weighted by molar-refractivity contribution is 5.48. The topological polar surface area (TPSA) is 46.2 Å². The number of rotatable bonds is 1. The SMILES string of the molecule is NCC1CC12CCc1ccc(O)cc12. The summed E-state index contributed by atoms with van der Waals surface area (Å²) in [5.41, 5.74) is 8.86. The van der Waals surface area contributed by atoms with Crippen LogP contribution in [-0.2, 0) is 11.8 Å². The van der Waals surface area contributed by atoms with Gasteiger partial charge in [-0.05, 0) is 55.0 Å². The number of phenols is 1. The molecule has 3 N–H and O–H groups in total. The first-order chi connectivity index (χ1) is 6.76. The maximum absolute atomic E-state index is 9.48. The Balaban J connectivity index is 2.06. The Morgan fingerprint density at radius 2 is 2.36 bits per heavy atom. The number of fused-ring (bicyclic) bond motifs is 2. The van der Waals surface area contributed by atoms with Crippen molar-refractivity contribution in [3.63, 3.8) is 0 Å². The van der Waals surface area contributed by atoms with Gasteiger partial charge in [0.15, 0.2) is 0 Å². The lowest BCUT2D eigenvalue weighted by atomic mass is 9.95. The van der Waals surface area contributed by atoms with E-state index in [0.717, 1.165) is 13.0 Å². The molecule has 2 nitrogen and oxygen atoms in total. The zero-order valence-corrected chi connectivity index (χ0v) is 8.16. The second kappa shape index (κ2) is 2.51. The standard InChI is InChI=1S/C12H15NO/c13-7-9-6-12(9)4-3-8-1-2-10(14)5-11(8)12/h1-2,5,9,14H,3-4,6-7,13H2. The van der Waals surface area contributed by atoms with E-state index in [2.05, 4.69) is 6.07 Å². The zero-order valence-electron chi connectivity index (χ0n) is 8.16. The second-order valence-electron chi connectivity index (χ2n) is 4.63. The van der Waals surface area contributed by atoms with Gasteiger partial charge < -0.3 is 10.8 Å². The van der Waals surface area contributed by atoms with E-state index < -0.39 is 0 Å². The fraction of sp³-hybridized carbons (Fsp3) is 0.500. The Morgan fingerprint density at radius 3 is 3.07 bits per heavy atom. The number of phenolic OH excluding ortho intramolecular Hbond substituents is 1. The van der Waals surface area contributed by atoms with Crippen LogP contribution in [0.25, 0.3) is 0 Å². The highest BCUT2D eigenvalue weighted by Gasteiger charge is 2.56. The number of aryl methyl sites for hydroxylation is 1. The predicted octanol–water partition coefficient (Wildman–Crippen LogP) is 1.55. The van der Waals surface area contributed by atoms with Crippen LogP contribution in [-0.4, -0.2) is 11.7 Å². The molecule has 0 radical (unpaired) electrons. The Labute approximate surface area is 83.7 Å². The summed E-state index contributed by atoms with van der Waals surface area (Å²) in [6, 6.07) is 5.79. The minimum atomic E-state index is 0.350. The Bertz CT molecular complexity index is 388. The molecular formula is C12H15NO. The highest BCUT2D eigenvalue weighted by atomic mass is 16.3. The molecule has 14 heavy (non-hydrogen) atoms. The van der Waals surface area contributed by atoms with Gasteiger partial charge in [-0.15, -0.1) is 0 Å². The first kappa shape index (κ1) is 8.30. The third-order valence-corrected chi connectivity index (χ3v) is 3.99. The van der Waals surface area contributed by atoms with Gasteiger partial charge in [0.1, 0.15) is 5.75 Å². The van der Waals surface area contributed by atoms with Gasteiger partial charge in [-0.25, -0.2) is 0 Å². The molecule has 2 atom stereocenters. The molecule has 3 rings (SSSR count). The third kappa shape index (κ3) is 0.894. The van der Waals surface area contributed by atoms with E-state index in [1.54, 1.807) is 6.07 Å². The van der Waals surface area contributed by atoms with E-state index in [0.29, 0.717) is 17.1 Å². The van der Waals surface area contributed by atoms with E-state index in [9.17, 15) is 5.11 Å². The summed E-state index contributed by atoms with van der Waals surface area (Å²) in [6.07, 6.45) is 3.61. The van der Waals surface area contributed by atoms with Crippen LogP contribution >= 0.6 is 0 Å². The molecular weight excluding hydrogens is 174 g/mol. The van der Waals surface area contributed by atoms with Gasteiger partial charge >= 0.3 is 0 Å². The van der Waals surface area contributed by atoms with Gasteiger partial charge in [0, 0.05) is 5.41 Å². The maximum atomic E-state index is 9.48. The Kier molecular flexibility index (Phi) is 1.49. The summed E-state index contributed by atoms with van der Waals surface area (Å²) in [6.45, 7) is 0.787. The van der Waals surface area contributed by atoms with Crippen LogP contribution in [0.15, 0.2) is 18.2 Å². The van der Waals surface area contributed by atoms with Gasteiger partial charge in [0.05, 0.1) is 0 Å². The van der Waals surface area contributed by atoms with Crippen LogP contribution < -0.4 is 5.73 Å². The van der Waals surface area contributed by atoms with Crippen molar-refractivity contribution in [3.8, 4) is 5.75 Å². The van der Waals surface area contributed by atoms with E-state index in [1.165, 1.54) is 24.0 Å². The molecule has 74 valence electrons. The van der Waals surface area contributed by atoms with E-state index in [1.807, 2.05) is 6.07 Å². The van der Waals surface area contributed by atoms with Crippen molar-refractivity contribution in [2.75, 3.05) is 6.54 Å². The van der Waals surface area contributed by atoms with Gasteiger partial charge in [-0.2, -0.15) is 0 Å². The number of aromatic hydroxyl groups is 1. The normalized spacial score (nSPS) is 33.4. The fourth-order valence-electron chi connectivity index (χ4n) is 3.06. The Morgan fingerprint density at radius 1 is 1.50 bits per heavy atom. The van der Waals surface area contributed by atoms with Crippen molar-refractivity contribution in [2.45, 2.75) is 24.7 Å². The quantitative estimate of drug-likeness (QED) is 0.704. The molecule has 2 unspecified atom stereocenters. The molecule has 1 fully saturated rings. The Hall–Kier alpha value is -1.02. The van der Waals surface area contributed by atoms with Crippen LogP contribution in [0, 0.1) is 5.92 Å². The second-order valence-corrected chi connectivity index (χ2v) is 4.63. The maximum Gasteiger partial charge on any atom is 0.115 e. The molecule has 0 saturated heterocycles. The first-order valence-corrected chi connectivity index (χ1v) is 5.29. The molecule has 1 spiro atoms.